The van der Waals surface area contributed by atoms with Crippen molar-refractivity contribution < 1.29 is 19.1 Å². The van der Waals surface area contributed by atoms with Crippen LogP contribution in [-0.2, 0) is 16.0 Å². The molecule has 1 unspecified atom stereocenters. The number of carbonyl (C=O) groups is 3. The summed E-state index contributed by atoms with van der Waals surface area (Å²) in [5.41, 5.74) is 0.458. The molecule has 1 aromatic rings. The van der Waals surface area contributed by atoms with E-state index in [9.17, 15) is 14.4 Å². The fourth-order valence-electron chi connectivity index (χ4n) is 3.06. The molecule has 0 heterocycles. The number of carbonyl (C=O) groups excluding carboxylic acids is 3. The summed E-state index contributed by atoms with van der Waals surface area (Å²) in [7, 11) is 0. The zero-order valence-corrected chi connectivity index (χ0v) is 14.8. The summed E-state index contributed by atoms with van der Waals surface area (Å²) < 4.78 is 5.07. The molecule has 0 saturated heterocycles. The number of halogens is 2. The SMILES string of the molecule is CCC1(CCC(C)=O)Cc2cc(OC(C)=O)c(Cl)c(Cl)c2C1=O. The molecule has 124 valence electrons. The van der Waals surface area contributed by atoms with Crippen LogP contribution < -0.4 is 4.74 Å². The van der Waals surface area contributed by atoms with Crippen molar-refractivity contribution in [3.05, 3.63) is 27.2 Å². The van der Waals surface area contributed by atoms with Crippen molar-refractivity contribution in [1.82, 2.24) is 0 Å². The Morgan fingerprint density at radius 1 is 1.26 bits per heavy atom. The molecule has 4 nitrogen and oxygen atoms in total. The van der Waals surface area contributed by atoms with Crippen molar-refractivity contribution in [3.8, 4) is 5.75 Å². The number of esters is 1. The summed E-state index contributed by atoms with van der Waals surface area (Å²) in [5.74, 6) is -0.386. The molecule has 0 saturated carbocycles. The Morgan fingerprint density at radius 2 is 1.91 bits per heavy atom. The predicted octanol–water partition coefficient (Wildman–Crippen LogP) is 4.42. The van der Waals surface area contributed by atoms with Gasteiger partial charge in [0, 0.05) is 24.3 Å². The minimum Gasteiger partial charge on any atom is -0.425 e. The number of ether oxygens (including phenoxy) is 1. The molecule has 0 aromatic heterocycles. The van der Waals surface area contributed by atoms with Crippen LogP contribution in [0.25, 0.3) is 0 Å². The molecule has 0 amide bonds. The first-order valence-corrected chi connectivity index (χ1v) is 8.21. The maximum Gasteiger partial charge on any atom is 0.308 e. The van der Waals surface area contributed by atoms with Gasteiger partial charge in [0.1, 0.15) is 10.8 Å². The fourth-order valence-corrected chi connectivity index (χ4v) is 3.54. The lowest BCUT2D eigenvalue weighted by Gasteiger charge is -2.25. The van der Waals surface area contributed by atoms with Gasteiger partial charge in [-0.25, -0.2) is 0 Å². The third-order valence-corrected chi connectivity index (χ3v) is 5.23. The minimum absolute atomic E-state index is 0.0475. The van der Waals surface area contributed by atoms with Crippen LogP contribution in [0.3, 0.4) is 0 Å². The second-order valence-corrected chi connectivity index (χ2v) is 6.73. The molecular weight excluding hydrogens is 339 g/mol. The lowest BCUT2D eigenvalue weighted by Crippen LogP contribution is -2.28. The molecule has 1 atom stereocenters. The first-order chi connectivity index (χ1) is 10.7. The van der Waals surface area contributed by atoms with Gasteiger partial charge in [0.25, 0.3) is 0 Å². The summed E-state index contributed by atoms with van der Waals surface area (Å²) in [6, 6.07) is 1.61. The fraction of sp³-hybridized carbons (Fsp3) is 0.471. The lowest BCUT2D eigenvalue weighted by molar-refractivity contribution is -0.131. The van der Waals surface area contributed by atoms with Gasteiger partial charge in [0.15, 0.2) is 11.5 Å². The highest BCUT2D eigenvalue weighted by Gasteiger charge is 2.45. The van der Waals surface area contributed by atoms with Gasteiger partial charge < -0.3 is 9.53 Å². The van der Waals surface area contributed by atoms with Crippen LogP contribution in [0.5, 0.6) is 5.75 Å². The van der Waals surface area contributed by atoms with Gasteiger partial charge >= 0.3 is 5.97 Å². The molecule has 1 aromatic carbocycles. The largest absolute Gasteiger partial charge is 0.425 e. The summed E-state index contributed by atoms with van der Waals surface area (Å²) in [4.78, 5) is 35.4. The van der Waals surface area contributed by atoms with Crippen molar-refractivity contribution in [1.29, 1.82) is 0 Å². The molecule has 0 spiro atoms. The normalized spacial score (nSPS) is 19.6. The van der Waals surface area contributed by atoms with Crippen LogP contribution in [-0.4, -0.2) is 17.5 Å². The van der Waals surface area contributed by atoms with Gasteiger partial charge in [-0.05, 0) is 37.8 Å². The van der Waals surface area contributed by atoms with E-state index in [4.69, 9.17) is 27.9 Å². The van der Waals surface area contributed by atoms with Crippen molar-refractivity contribution in [2.75, 3.05) is 0 Å². The molecule has 6 heteroatoms. The van der Waals surface area contributed by atoms with E-state index in [1.54, 1.807) is 6.07 Å². The van der Waals surface area contributed by atoms with Crippen LogP contribution in [0.4, 0.5) is 0 Å². The second kappa shape index (κ2) is 6.62. The summed E-state index contributed by atoms with van der Waals surface area (Å²) in [5, 5.41) is 0.177. The quantitative estimate of drug-likeness (QED) is 0.578. The maximum atomic E-state index is 12.9. The molecule has 1 aliphatic rings. The van der Waals surface area contributed by atoms with Crippen LogP contribution in [0, 0.1) is 5.41 Å². The van der Waals surface area contributed by atoms with Gasteiger partial charge in [-0.15, -0.1) is 0 Å². The molecule has 23 heavy (non-hydrogen) atoms. The topological polar surface area (TPSA) is 60.4 Å². The highest BCUT2D eigenvalue weighted by molar-refractivity contribution is 6.45. The minimum atomic E-state index is -0.643. The number of ketones is 2. The first-order valence-electron chi connectivity index (χ1n) is 7.45. The smallest absolute Gasteiger partial charge is 0.308 e. The Balaban J connectivity index is 2.47. The van der Waals surface area contributed by atoms with E-state index < -0.39 is 11.4 Å². The standard InChI is InChI=1S/C17H18Cl2O4/c1-4-17(6-5-9(2)20)8-11-7-12(23-10(3)21)14(18)15(19)13(11)16(17)22/h7H,4-6,8H2,1-3H3. The molecule has 1 aliphatic carbocycles. The molecule has 0 fully saturated rings. The van der Waals surface area contributed by atoms with Crippen LogP contribution in [0.1, 0.15) is 56.0 Å². The van der Waals surface area contributed by atoms with Gasteiger partial charge in [-0.1, -0.05) is 30.1 Å². The van der Waals surface area contributed by atoms with E-state index in [1.165, 1.54) is 13.8 Å². The number of benzene rings is 1. The third kappa shape index (κ3) is 3.29. The third-order valence-electron chi connectivity index (χ3n) is 4.38. The number of Topliss-reactive ketones (excluding diaryl/α,β-unsaturated/α-hetero) is 2. The molecule has 0 bridgehead atoms. The Kier molecular flexibility index (Phi) is 5.17. The number of fused-ring (bicyclic) bond motifs is 1. The Bertz CT molecular complexity index is 696. The van der Waals surface area contributed by atoms with Gasteiger partial charge in [-0.3, -0.25) is 9.59 Å². The van der Waals surface area contributed by atoms with Gasteiger partial charge in [0.05, 0.1) is 5.02 Å². The zero-order valence-electron chi connectivity index (χ0n) is 13.3. The van der Waals surface area contributed by atoms with Crippen molar-refractivity contribution >= 4 is 40.7 Å². The van der Waals surface area contributed by atoms with E-state index >= 15 is 0 Å². The number of hydrogen-bond donors (Lipinski definition) is 0. The second-order valence-electron chi connectivity index (χ2n) is 5.97. The zero-order chi connectivity index (χ0) is 17.4. The molecule has 0 radical (unpaired) electrons. The number of hydrogen-bond acceptors (Lipinski definition) is 4. The molecule has 0 N–H and O–H groups in total. The van der Waals surface area contributed by atoms with Crippen LogP contribution in [0.2, 0.25) is 10.0 Å². The van der Waals surface area contributed by atoms with Crippen LogP contribution >= 0.6 is 23.2 Å². The van der Waals surface area contributed by atoms with E-state index in [2.05, 4.69) is 0 Å². The molecule has 0 aliphatic heterocycles. The van der Waals surface area contributed by atoms with Crippen molar-refractivity contribution in [3.63, 3.8) is 0 Å². The summed E-state index contributed by atoms with van der Waals surface area (Å²) in [6.07, 6.45) is 1.89. The predicted molar refractivity (Wildman–Crippen MR) is 88.4 cm³/mol. The monoisotopic (exact) mass is 356 g/mol. The molecule has 2 rings (SSSR count). The Hall–Kier alpha value is -1.39. The van der Waals surface area contributed by atoms with Crippen molar-refractivity contribution in [2.24, 2.45) is 5.41 Å². The Labute approximate surface area is 145 Å². The first kappa shape index (κ1) is 18.0. The van der Waals surface area contributed by atoms with E-state index in [-0.39, 0.29) is 27.4 Å². The van der Waals surface area contributed by atoms with E-state index in [0.717, 1.165) is 0 Å². The van der Waals surface area contributed by atoms with E-state index in [0.29, 0.717) is 36.8 Å². The van der Waals surface area contributed by atoms with Gasteiger partial charge in [-0.2, -0.15) is 0 Å². The average molecular weight is 357 g/mol. The average Bonchev–Trinajstić information content (AvgIpc) is 2.75. The summed E-state index contributed by atoms with van der Waals surface area (Å²) in [6.45, 7) is 4.71. The van der Waals surface area contributed by atoms with Crippen LogP contribution in [0.15, 0.2) is 6.07 Å². The lowest BCUT2D eigenvalue weighted by atomic mass is 9.76. The maximum absolute atomic E-state index is 12.9. The highest BCUT2D eigenvalue weighted by atomic mass is 35.5. The highest BCUT2D eigenvalue weighted by Crippen LogP contribution is 2.49. The molecular formula is C17H18Cl2O4. The van der Waals surface area contributed by atoms with Gasteiger partial charge in [0.2, 0.25) is 0 Å². The number of rotatable bonds is 5. The van der Waals surface area contributed by atoms with Crippen molar-refractivity contribution in [2.45, 2.75) is 46.5 Å². The van der Waals surface area contributed by atoms with E-state index in [1.807, 2.05) is 6.92 Å². The Morgan fingerprint density at radius 3 is 2.43 bits per heavy atom. The summed E-state index contributed by atoms with van der Waals surface area (Å²) >= 11 is 12.4.